The highest BCUT2D eigenvalue weighted by Gasteiger charge is 2.48. The van der Waals surface area contributed by atoms with Crippen LogP contribution in [0.25, 0.3) is 0 Å². The summed E-state index contributed by atoms with van der Waals surface area (Å²) in [5.74, 6) is -0.308. The number of rotatable bonds is 1. The maximum atomic E-state index is 13.5. The monoisotopic (exact) mass is 268 g/mol. The van der Waals surface area contributed by atoms with E-state index in [2.05, 4.69) is 0 Å². The Morgan fingerprint density at radius 1 is 1.28 bits per heavy atom. The van der Waals surface area contributed by atoms with Gasteiger partial charge in [-0.05, 0) is 55.9 Å². The molecule has 98 valence electrons. The largest absolute Gasteiger partial charge is 0.385 e. The lowest BCUT2D eigenvalue weighted by Crippen LogP contribution is -2.40. The molecular weight excluding hydrogens is 251 g/mol. The molecule has 0 radical (unpaired) electrons. The van der Waals surface area contributed by atoms with Crippen LogP contribution in [-0.2, 0) is 16.4 Å². The molecule has 2 bridgehead atoms. The Hall–Kier alpha value is -0.740. The lowest BCUT2D eigenvalue weighted by Gasteiger charge is -2.36. The predicted molar refractivity (Wildman–Crippen MR) is 69.2 cm³/mol. The van der Waals surface area contributed by atoms with E-state index >= 15 is 0 Å². The smallest absolute Gasteiger partial charge is 0.123 e. The van der Waals surface area contributed by atoms with E-state index in [1.54, 1.807) is 0 Å². The maximum absolute atomic E-state index is 13.5. The zero-order chi connectivity index (χ0) is 12.9. The summed E-state index contributed by atoms with van der Waals surface area (Å²) in [6.45, 7) is 1.82. The van der Waals surface area contributed by atoms with Crippen LogP contribution in [-0.4, -0.2) is 19.8 Å². The number of halogens is 1. The van der Waals surface area contributed by atoms with Crippen molar-refractivity contribution in [2.75, 3.05) is 0 Å². The first-order valence-corrected chi connectivity index (χ1v) is 7.65. The van der Waals surface area contributed by atoms with Gasteiger partial charge in [0.1, 0.15) is 5.82 Å². The van der Waals surface area contributed by atoms with Crippen molar-refractivity contribution in [2.45, 2.75) is 48.7 Å². The fourth-order valence-electron chi connectivity index (χ4n) is 3.32. The molecule has 2 saturated heterocycles. The van der Waals surface area contributed by atoms with Crippen molar-refractivity contribution >= 4 is 10.8 Å². The van der Waals surface area contributed by atoms with Crippen molar-refractivity contribution in [3.05, 3.63) is 35.1 Å². The van der Waals surface area contributed by atoms with Crippen LogP contribution in [0.15, 0.2) is 18.2 Å². The van der Waals surface area contributed by atoms with Crippen LogP contribution in [0.1, 0.15) is 36.8 Å². The average molecular weight is 268 g/mol. The average Bonchev–Trinajstić information content (AvgIpc) is 2.52. The Kier molecular flexibility index (Phi) is 2.83. The first-order valence-electron chi connectivity index (χ1n) is 6.37. The quantitative estimate of drug-likeness (QED) is 0.849. The molecule has 2 heterocycles. The number of benzene rings is 1. The van der Waals surface area contributed by atoms with Crippen LogP contribution in [0.2, 0.25) is 0 Å². The van der Waals surface area contributed by atoms with Gasteiger partial charge < -0.3 is 5.11 Å². The summed E-state index contributed by atoms with van der Waals surface area (Å²) < 4.78 is 25.4. The number of hydrogen-bond acceptors (Lipinski definition) is 2. The van der Waals surface area contributed by atoms with E-state index in [0.717, 1.165) is 18.4 Å². The van der Waals surface area contributed by atoms with E-state index in [9.17, 15) is 13.7 Å². The van der Waals surface area contributed by atoms with Crippen LogP contribution in [0.5, 0.6) is 0 Å². The van der Waals surface area contributed by atoms with Gasteiger partial charge in [-0.3, -0.25) is 4.21 Å². The van der Waals surface area contributed by atoms with E-state index in [1.807, 2.05) is 13.0 Å². The minimum Gasteiger partial charge on any atom is -0.385 e. The van der Waals surface area contributed by atoms with Crippen LogP contribution >= 0.6 is 0 Å². The molecule has 2 atom stereocenters. The third-order valence-corrected chi connectivity index (χ3v) is 6.30. The van der Waals surface area contributed by atoms with Gasteiger partial charge in [0.05, 0.1) is 5.60 Å². The summed E-state index contributed by atoms with van der Waals surface area (Å²) in [6.07, 6.45) is 2.85. The fraction of sp³-hybridized carbons (Fsp3) is 0.571. The highest BCUT2D eigenvalue weighted by Crippen LogP contribution is 2.45. The van der Waals surface area contributed by atoms with Gasteiger partial charge >= 0.3 is 0 Å². The molecule has 4 heteroatoms. The summed E-state index contributed by atoms with van der Waals surface area (Å²) in [4.78, 5) is 0. The molecule has 2 nitrogen and oxygen atoms in total. The molecule has 0 saturated carbocycles. The van der Waals surface area contributed by atoms with Gasteiger partial charge in [0.25, 0.3) is 0 Å². The number of hydrogen-bond donors (Lipinski definition) is 1. The van der Waals surface area contributed by atoms with Crippen molar-refractivity contribution in [3.63, 3.8) is 0 Å². The van der Waals surface area contributed by atoms with Crippen LogP contribution in [0, 0.1) is 12.7 Å². The molecule has 2 fully saturated rings. The minimum atomic E-state index is -0.993. The second-order valence-electron chi connectivity index (χ2n) is 5.61. The molecule has 2 aliphatic rings. The molecule has 0 spiro atoms. The Balaban J connectivity index is 1.98. The van der Waals surface area contributed by atoms with Gasteiger partial charge in [0.2, 0.25) is 0 Å². The van der Waals surface area contributed by atoms with Crippen LogP contribution in [0.3, 0.4) is 0 Å². The molecule has 1 aromatic rings. The zero-order valence-electron chi connectivity index (χ0n) is 10.4. The molecule has 2 aliphatic heterocycles. The number of aryl methyl sites for hydroxylation is 1. The van der Waals surface area contributed by atoms with Gasteiger partial charge in [-0.15, -0.1) is 0 Å². The molecular formula is C14H17FO2S. The van der Waals surface area contributed by atoms with Crippen molar-refractivity contribution in [1.29, 1.82) is 0 Å². The third-order valence-electron chi connectivity index (χ3n) is 4.18. The SMILES string of the molecule is Cc1cc(F)cc(C2(O)CC3CCC(C2)S3=O)c1. The molecule has 2 unspecified atom stereocenters. The summed E-state index contributed by atoms with van der Waals surface area (Å²) in [7, 11) is -0.803. The minimum absolute atomic E-state index is 0.0809. The Morgan fingerprint density at radius 3 is 2.44 bits per heavy atom. The molecule has 1 N–H and O–H groups in total. The second-order valence-corrected chi connectivity index (χ2v) is 7.60. The summed E-state index contributed by atoms with van der Waals surface area (Å²) in [6, 6.07) is 4.72. The standard InChI is InChI=1S/C14H17FO2S/c1-9-4-10(6-11(15)5-9)14(16)7-12-2-3-13(8-14)18(12)17/h4-6,12-13,16H,2-3,7-8H2,1H3. The van der Waals surface area contributed by atoms with E-state index in [4.69, 9.17) is 0 Å². The summed E-state index contributed by atoms with van der Waals surface area (Å²) in [5, 5.41) is 11.0. The lowest BCUT2D eigenvalue weighted by molar-refractivity contribution is 0.0181. The number of fused-ring (bicyclic) bond motifs is 2. The first kappa shape index (κ1) is 12.3. The van der Waals surface area contributed by atoms with Gasteiger partial charge in [-0.2, -0.15) is 0 Å². The molecule has 1 aromatic carbocycles. The fourth-order valence-corrected chi connectivity index (χ4v) is 5.48. The predicted octanol–water partition coefficient (Wildman–Crippen LogP) is 2.40. The Bertz CT molecular complexity index is 478. The highest BCUT2D eigenvalue weighted by molar-refractivity contribution is 7.86. The van der Waals surface area contributed by atoms with E-state index in [1.165, 1.54) is 12.1 Å². The Morgan fingerprint density at radius 2 is 1.89 bits per heavy atom. The lowest BCUT2D eigenvalue weighted by atomic mass is 9.85. The zero-order valence-corrected chi connectivity index (χ0v) is 11.2. The third kappa shape index (κ3) is 1.91. The van der Waals surface area contributed by atoms with Crippen molar-refractivity contribution in [1.82, 2.24) is 0 Å². The van der Waals surface area contributed by atoms with E-state index in [0.29, 0.717) is 18.4 Å². The molecule has 3 rings (SSSR count). The topological polar surface area (TPSA) is 37.3 Å². The van der Waals surface area contributed by atoms with Gasteiger partial charge in [0.15, 0.2) is 0 Å². The van der Waals surface area contributed by atoms with Crippen molar-refractivity contribution < 1.29 is 13.7 Å². The molecule has 0 aromatic heterocycles. The van der Waals surface area contributed by atoms with Gasteiger partial charge in [0, 0.05) is 21.3 Å². The highest BCUT2D eigenvalue weighted by atomic mass is 32.2. The van der Waals surface area contributed by atoms with E-state index in [-0.39, 0.29) is 16.3 Å². The van der Waals surface area contributed by atoms with Crippen molar-refractivity contribution in [3.8, 4) is 0 Å². The maximum Gasteiger partial charge on any atom is 0.123 e. The first-order chi connectivity index (χ1) is 8.48. The summed E-state index contributed by atoms with van der Waals surface area (Å²) in [5.41, 5.74) is 0.471. The second kappa shape index (κ2) is 4.14. The van der Waals surface area contributed by atoms with Crippen LogP contribution in [0.4, 0.5) is 4.39 Å². The Labute approximate surface area is 109 Å². The van der Waals surface area contributed by atoms with E-state index < -0.39 is 16.4 Å². The molecule has 18 heavy (non-hydrogen) atoms. The van der Waals surface area contributed by atoms with Gasteiger partial charge in [-0.1, -0.05) is 6.07 Å². The van der Waals surface area contributed by atoms with Crippen LogP contribution < -0.4 is 0 Å². The summed E-state index contributed by atoms with van der Waals surface area (Å²) >= 11 is 0. The normalized spacial score (nSPS) is 38.9. The number of aliphatic hydroxyl groups is 1. The molecule has 0 amide bonds. The molecule has 0 aliphatic carbocycles. The van der Waals surface area contributed by atoms with Crippen molar-refractivity contribution in [2.24, 2.45) is 0 Å². The van der Waals surface area contributed by atoms with Gasteiger partial charge in [-0.25, -0.2) is 4.39 Å².